The maximum Gasteiger partial charge on any atom is 0.123 e. The van der Waals surface area contributed by atoms with E-state index in [-0.39, 0.29) is 11.9 Å². The topological polar surface area (TPSA) is 21.3 Å². The average Bonchev–Trinajstić information content (AvgIpc) is 3.15. The van der Waals surface area contributed by atoms with Crippen LogP contribution >= 0.6 is 0 Å². The molecular formula is C18H26FNO. The quantitative estimate of drug-likeness (QED) is 0.822. The summed E-state index contributed by atoms with van der Waals surface area (Å²) in [7, 11) is 0. The highest BCUT2D eigenvalue weighted by Crippen LogP contribution is 2.33. The third kappa shape index (κ3) is 4.19. The number of hydrogen-bond acceptors (Lipinski definition) is 2. The van der Waals surface area contributed by atoms with E-state index in [1.165, 1.54) is 25.3 Å². The van der Waals surface area contributed by atoms with Crippen molar-refractivity contribution in [3.8, 4) is 5.75 Å². The Hall–Kier alpha value is -1.09. The van der Waals surface area contributed by atoms with Gasteiger partial charge in [-0.2, -0.15) is 0 Å². The van der Waals surface area contributed by atoms with Gasteiger partial charge in [0.25, 0.3) is 0 Å². The number of hydrogen-bond donors (Lipinski definition) is 1. The highest BCUT2D eigenvalue weighted by atomic mass is 19.1. The van der Waals surface area contributed by atoms with Gasteiger partial charge in [0.05, 0.1) is 0 Å². The molecule has 21 heavy (non-hydrogen) atoms. The lowest BCUT2D eigenvalue weighted by Crippen LogP contribution is -2.29. The minimum Gasteiger partial charge on any atom is -0.490 e. The van der Waals surface area contributed by atoms with Gasteiger partial charge >= 0.3 is 0 Å². The summed E-state index contributed by atoms with van der Waals surface area (Å²) in [6.45, 7) is 5.65. The summed E-state index contributed by atoms with van der Waals surface area (Å²) >= 11 is 0. The fraction of sp³-hybridized carbons (Fsp3) is 0.667. The Morgan fingerprint density at radius 1 is 1.33 bits per heavy atom. The fourth-order valence-electron chi connectivity index (χ4n) is 3.34. The largest absolute Gasteiger partial charge is 0.490 e. The van der Waals surface area contributed by atoms with E-state index in [1.807, 2.05) is 0 Å². The van der Waals surface area contributed by atoms with Crippen molar-refractivity contribution < 1.29 is 9.13 Å². The Bertz CT molecular complexity index is 484. The van der Waals surface area contributed by atoms with Crippen molar-refractivity contribution in [1.29, 1.82) is 0 Å². The molecule has 0 aromatic heterocycles. The van der Waals surface area contributed by atoms with Crippen LogP contribution in [-0.4, -0.2) is 18.7 Å². The molecule has 2 atom stereocenters. The van der Waals surface area contributed by atoms with Gasteiger partial charge in [0.1, 0.15) is 17.7 Å². The molecule has 3 heteroatoms. The molecule has 0 spiro atoms. The molecule has 0 saturated heterocycles. The molecule has 1 saturated carbocycles. The summed E-state index contributed by atoms with van der Waals surface area (Å²) in [5.74, 6) is 2.07. The lowest BCUT2D eigenvalue weighted by Gasteiger charge is -2.22. The van der Waals surface area contributed by atoms with E-state index in [1.54, 1.807) is 12.1 Å². The zero-order chi connectivity index (χ0) is 14.8. The highest BCUT2D eigenvalue weighted by molar-refractivity contribution is 5.37. The van der Waals surface area contributed by atoms with Crippen LogP contribution in [0.15, 0.2) is 18.2 Å². The lowest BCUT2D eigenvalue weighted by molar-refractivity contribution is 0.182. The monoisotopic (exact) mass is 291 g/mol. The van der Waals surface area contributed by atoms with Gasteiger partial charge in [-0.3, -0.25) is 0 Å². The first-order chi connectivity index (χ1) is 10.1. The molecule has 2 nitrogen and oxygen atoms in total. The van der Waals surface area contributed by atoms with E-state index in [0.29, 0.717) is 11.8 Å². The molecule has 0 radical (unpaired) electrons. The minimum absolute atomic E-state index is 0.160. The predicted molar refractivity (Wildman–Crippen MR) is 83.1 cm³/mol. The maximum atomic E-state index is 13.3. The summed E-state index contributed by atoms with van der Waals surface area (Å²) in [5, 5.41) is 3.65. The van der Waals surface area contributed by atoms with Gasteiger partial charge in [-0.05, 0) is 62.3 Å². The van der Waals surface area contributed by atoms with E-state index < -0.39 is 0 Å². The Morgan fingerprint density at radius 3 is 2.86 bits per heavy atom. The van der Waals surface area contributed by atoms with Crippen LogP contribution in [0, 0.1) is 17.7 Å². The third-order valence-corrected chi connectivity index (χ3v) is 4.44. The van der Waals surface area contributed by atoms with E-state index in [4.69, 9.17) is 4.74 Å². The van der Waals surface area contributed by atoms with E-state index in [9.17, 15) is 4.39 Å². The third-order valence-electron chi connectivity index (χ3n) is 4.44. The SMILES string of the molecule is CC(C)CC(CNC1CC1)CC1Cc2cc(F)ccc2O1. The van der Waals surface area contributed by atoms with E-state index in [0.717, 1.165) is 36.7 Å². The smallest absolute Gasteiger partial charge is 0.123 e. The molecule has 1 aromatic carbocycles. The number of nitrogens with one attached hydrogen (secondary N) is 1. The van der Waals surface area contributed by atoms with Gasteiger partial charge in [0.2, 0.25) is 0 Å². The molecule has 1 aliphatic carbocycles. The number of rotatable bonds is 7. The molecular weight excluding hydrogens is 265 g/mol. The molecule has 0 bridgehead atoms. The van der Waals surface area contributed by atoms with Crippen molar-refractivity contribution in [2.45, 2.75) is 58.1 Å². The van der Waals surface area contributed by atoms with Crippen LogP contribution in [0.3, 0.4) is 0 Å². The first kappa shape index (κ1) is 14.8. The molecule has 1 heterocycles. The molecule has 1 fully saturated rings. The number of fused-ring (bicyclic) bond motifs is 1. The normalized spacial score (nSPS) is 22.2. The molecule has 1 aromatic rings. The van der Waals surface area contributed by atoms with Gasteiger partial charge in [0, 0.05) is 18.0 Å². The Kier molecular flexibility index (Phi) is 4.48. The summed E-state index contributed by atoms with van der Waals surface area (Å²) in [4.78, 5) is 0. The number of halogens is 1. The van der Waals surface area contributed by atoms with E-state index >= 15 is 0 Å². The lowest BCUT2D eigenvalue weighted by atomic mass is 9.90. The van der Waals surface area contributed by atoms with Crippen LogP contribution in [0.5, 0.6) is 5.75 Å². The van der Waals surface area contributed by atoms with Crippen LogP contribution in [0.4, 0.5) is 4.39 Å². The highest BCUT2D eigenvalue weighted by Gasteiger charge is 2.28. The summed E-state index contributed by atoms with van der Waals surface area (Å²) < 4.78 is 19.3. The van der Waals surface area contributed by atoms with Crippen molar-refractivity contribution in [3.05, 3.63) is 29.6 Å². The number of benzene rings is 1. The van der Waals surface area contributed by atoms with Gasteiger partial charge in [-0.15, -0.1) is 0 Å². The zero-order valence-corrected chi connectivity index (χ0v) is 13.1. The van der Waals surface area contributed by atoms with Crippen molar-refractivity contribution >= 4 is 0 Å². The molecule has 2 aliphatic rings. The van der Waals surface area contributed by atoms with Crippen LogP contribution in [-0.2, 0) is 6.42 Å². The maximum absolute atomic E-state index is 13.3. The summed E-state index contributed by atoms with van der Waals surface area (Å²) in [6.07, 6.45) is 6.02. The Balaban J connectivity index is 1.55. The predicted octanol–water partition coefficient (Wildman–Crippen LogP) is 3.93. The minimum atomic E-state index is -0.160. The molecule has 1 N–H and O–H groups in total. The van der Waals surface area contributed by atoms with Crippen molar-refractivity contribution in [3.63, 3.8) is 0 Å². The fourth-order valence-corrected chi connectivity index (χ4v) is 3.34. The number of ether oxygens (including phenoxy) is 1. The van der Waals surface area contributed by atoms with Crippen LogP contribution in [0.1, 0.15) is 45.1 Å². The molecule has 2 unspecified atom stereocenters. The molecule has 1 aliphatic heterocycles. The van der Waals surface area contributed by atoms with E-state index in [2.05, 4.69) is 19.2 Å². The van der Waals surface area contributed by atoms with Crippen LogP contribution < -0.4 is 10.1 Å². The van der Waals surface area contributed by atoms with Gasteiger partial charge in [0.15, 0.2) is 0 Å². The molecule has 0 amide bonds. The second kappa shape index (κ2) is 6.35. The second-order valence-corrected chi connectivity index (χ2v) is 7.11. The Morgan fingerprint density at radius 2 is 2.14 bits per heavy atom. The van der Waals surface area contributed by atoms with Crippen LogP contribution in [0.25, 0.3) is 0 Å². The Labute approximate surface area is 127 Å². The van der Waals surface area contributed by atoms with Gasteiger partial charge in [-0.1, -0.05) is 13.8 Å². The van der Waals surface area contributed by atoms with Crippen molar-refractivity contribution in [2.75, 3.05) is 6.54 Å². The standard InChI is InChI=1S/C18H26FNO/c1-12(2)7-13(11-20-16-4-5-16)8-17-10-14-9-15(19)3-6-18(14)21-17/h3,6,9,12-13,16-17,20H,4-5,7-8,10-11H2,1-2H3. The molecule has 116 valence electrons. The van der Waals surface area contributed by atoms with Gasteiger partial charge < -0.3 is 10.1 Å². The van der Waals surface area contributed by atoms with Crippen molar-refractivity contribution in [2.24, 2.45) is 11.8 Å². The second-order valence-electron chi connectivity index (χ2n) is 7.11. The van der Waals surface area contributed by atoms with Crippen LogP contribution in [0.2, 0.25) is 0 Å². The summed E-state index contributed by atoms with van der Waals surface area (Å²) in [6, 6.07) is 5.64. The zero-order valence-electron chi connectivity index (χ0n) is 13.1. The molecule has 3 rings (SSSR count). The van der Waals surface area contributed by atoms with Gasteiger partial charge in [-0.25, -0.2) is 4.39 Å². The first-order valence-corrected chi connectivity index (χ1v) is 8.28. The summed E-state index contributed by atoms with van der Waals surface area (Å²) in [5.41, 5.74) is 1.03. The first-order valence-electron chi connectivity index (χ1n) is 8.28. The van der Waals surface area contributed by atoms with Crippen molar-refractivity contribution in [1.82, 2.24) is 5.32 Å². The average molecular weight is 291 g/mol.